The molecule has 0 aromatic heterocycles. The van der Waals surface area contributed by atoms with Crippen molar-refractivity contribution in [2.75, 3.05) is 49.5 Å². The molecular formula is C38H54F6N4O6. The molecule has 6 N–H and O–H groups in total. The van der Waals surface area contributed by atoms with E-state index in [2.05, 4.69) is 61.6 Å². The van der Waals surface area contributed by atoms with Gasteiger partial charge >= 0.3 is 24.3 Å². The van der Waals surface area contributed by atoms with Gasteiger partial charge in [-0.3, -0.25) is 0 Å². The van der Waals surface area contributed by atoms with E-state index in [0.29, 0.717) is 23.2 Å². The first kappa shape index (κ1) is 44.2. The number of hydrogen-bond donors (Lipinski definition) is 4. The van der Waals surface area contributed by atoms with Crippen molar-refractivity contribution in [2.24, 2.45) is 22.7 Å². The molecule has 16 heteroatoms. The van der Waals surface area contributed by atoms with Gasteiger partial charge in [-0.05, 0) is 73.3 Å². The van der Waals surface area contributed by atoms with E-state index in [4.69, 9.17) is 20.9 Å². The van der Waals surface area contributed by atoms with E-state index >= 15 is 0 Å². The third-order valence-corrected chi connectivity index (χ3v) is 9.39. The van der Waals surface area contributed by atoms with Crippen molar-refractivity contribution >= 4 is 34.7 Å². The zero-order chi connectivity index (χ0) is 40.8. The largest absolute Gasteiger partial charge is 0.483 e. The standard InChI is InChI=1S/2C19H27F3N2O3/c2*1-11-5-12(9-18(2,3)8-11)24-15-7-16(27-10-19(20,21)22)13(6-14(15)23)17(25)26-4/h2*6-7,11-12,24H,5,8-10,23H2,1-4H3/t2*11-,12+/m10/s1. The second-order valence-corrected chi connectivity index (χ2v) is 16.2. The predicted molar refractivity (Wildman–Crippen MR) is 196 cm³/mol. The van der Waals surface area contributed by atoms with Crippen LogP contribution in [0.15, 0.2) is 24.3 Å². The van der Waals surface area contributed by atoms with Crippen molar-refractivity contribution in [1.29, 1.82) is 0 Å². The highest BCUT2D eigenvalue weighted by Crippen LogP contribution is 2.42. The molecule has 2 aliphatic carbocycles. The number of nitrogens with two attached hydrogens (primary N) is 2. The van der Waals surface area contributed by atoms with Crippen molar-refractivity contribution in [1.82, 2.24) is 0 Å². The number of carbonyl (C=O) groups is 2. The van der Waals surface area contributed by atoms with Crippen molar-refractivity contribution in [3.8, 4) is 11.5 Å². The molecule has 0 heterocycles. The van der Waals surface area contributed by atoms with Crippen LogP contribution < -0.4 is 31.6 Å². The number of anilines is 4. The summed E-state index contributed by atoms with van der Waals surface area (Å²) in [5, 5.41) is 6.64. The Balaban J connectivity index is 0.000000290. The molecule has 4 rings (SSSR count). The van der Waals surface area contributed by atoms with Crippen LogP contribution in [0, 0.1) is 22.7 Å². The van der Waals surface area contributed by atoms with Crippen LogP contribution in [0.5, 0.6) is 11.5 Å². The van der Waals surface area contributed by atoms with Gasteiger partial charge < -0.3 is 41.0 Å². The molecular weight excluding hydrogens is 722 g/mol. The van der Waals surface area contributed by atoms with Crippen LogP contribution >= 0.6 is 0 Å². The summed E-state index contributed by atoms with van der Waals surface area (Å²) in [5.74, 6) is -1.00. The molecule has 0 spiro atoms. The number of benzene rings is 2. The second kappa shape index (κ2) is 17.5. The Morgan fingerprint density at radius 3 is 1.28 bits per heavy atom. The van der Waals surface area contributed by atoms with Gasteiger partial charge in [0, 0.05) is 24.2 Å². The average molecular weight is 777 g/mol. The lowest BCUT2D eigenvalue weighted by atomic mass is 9.70. The molecule has 0 saturated heterocycles. The van der Waals surface area contributed by atoms with Crippen molar-refractivity contribution < 1.29 is 54.9 Å². The Morgan fingerprint density at radius 1 is 0.667 bits per heavy atom. The minimum Gasteiger partial charge on any atom is -0.483 e. The van der Waals surface area contributed by atoms with Crippen LogP contribution in [0.1, 0.15) is 101 Å². The fourth-order valence-electron chi connectivity index (χ4n) is 7.89. The molecule has 54 heavy (non-hydrogen) atoms. The summed E-state index contributed by atoms with van der Waals surface area (Å²) in [4.78, 5) is 23.8. The zero-order valence-corrected chi connectivity index (χ0v) is 32.1. The molecule has 304 valence electrons. The molecule has 2 fully saturated rings. The van der Waals surface area contributed by atoms with Gasteiger partial charge in [0.15, 0.2) is 13.2 Å². The van der Waals surface area contributed by atoms with E-state index < -0.39 is 37.5 Å². The maximum atomic E-state index is 12.6. The number of halogens is 6. The van der Waals surface area contributed by atoms with Crippen LogP contribution in [0.4, 0.5) is 49.1 Å². The first-order chi connectivity index (χ1) is 24.8. The molecule has 10 nitrogen and oxygen atoms in total. The number of esters is 2. The van der Waals surface area contributed by atoms with Crippen LogP contribution in [0.3, 0.4) is 0 Å². The molecule has 0 radical (unpaired) electrons. The van der Waals surface area contributed by atoms with E-state index in [9.17, 15) is 35.9 Å². The summed E-state index contributed by atoms with van der Waals surface area (Å²) in [6.07, 6.45) is -3.14. The lowest BCUT2D eigenvalue weighted by molar-refractivity contribution is -0.154. The fourth-order valence-corrected chi connectivity index (χ4v) is 7.89. The minimum absolute atomic E-state index is 0.130. The quantitative estimate of drug-likeness (QED) is 0.105. The number of carbonyl (C=O) groups excluding carboxylic acids is 2. The van der Waals surface area contributed by atoms with E-state index in [0.717, 1.165) is 52.7 Å². The minimum atomic E-state index is -4.52. The van der Waals surface area contributed by atoms with Gasteiger partial charge in [0.1, 0.15) is 22.6 Å². The van der Waals surface area contributed by atoms with Gasteiger partial charge in [-0.15, -0.1) is 0 Å². The summed E-state index contributed by atoms with van der Waals surface area (Å²) in [6.45, 7) is 10.1. The normalized spacial score (nSPS) is 22.2. The summed E-state index contributed by atoms with van der Waals surface area (Å²) in [7, 11) is 2.29. The molecule has 2 aromatic rings. The van der Waals surface area contributed by atoms with Crippen LogP contribution in [-0.2, 0) is 9.47 Å². The van der Waals surface area contributed by atoms with Crippen molar-refractivity contribution in [2.45, 2.75) is 105 Å². The molecule has 2 aliphatic rings. The highest BCUT2D eigenvalue weighted by molar-refractivity contribution is 5.96. The first-order valence-corrected chi connectivity index (χ1v) is 17.8. The Labute approximate surface area is 313 Å². The van der Waals surface area contributed by atoms with Crippen molar-refractivity contribution in [3.63, 3.8) is 0 Å². The van der Waals surface area contributed by atoms with Crippen LogP contribution in [0.25, 0.3) is 0 Å². The van der Waals surface area contributed by atoms with Gasteiger partial charge in [0.05, 0.1) is 37.0 Å². The van der Waals surface area contributed by atoms with Gasteiger partial charge in [-0.2, -0.15) is 26.3 Å². The Kier molecular flexibility index (Phi) is 14.3. The third kappa shape index (κ3) is 13.6. The number of alkyl halides is 6. The van der Waals surface area contributed by atoms with E-state index in [1.54, 1.807) is 0 Å². The highest BCUT2D eigenvalue weighted by atomic mass is 19.4. The maximum Gasteiger partial charge on any atom is 0.422 e. The van der Waals surface area contributed by atoms with Gasteiger partial charge in [0.25, 0.3) is 0 Å². The maximum absolute atomic E-state index is 12.6. The Morgan fingerprint density at radius 2 is 1.00 bits per heavy atom. The van der Waals surface area contributed by atoms with Crippen LogP contribution in [0.2, 0.25) is 0 Å². The van der Waals surface area contributed by atoms with Crippen LogP contribution in [-0.4, -0.2) is 63.8 Å². The molecule has 2 aromatic carbocycles. The lowest BCUT2D eigenvalue weighted by Crippen LogP contribution is -2.35. The molecule has 0 bridgehead atoms. The number of rotatable bonds is 10. The summed E-state index contributed by atoms with van der Waals surface area (Å²) in [6, 6.07) is 5.53. The summed E-state index contributed by atoms with van der Waals surface area (Å²) in [5.41, 5.74) is 13.5. The van der Waals surface area contributed by atoms with E-state index in [-0.39, 0.29) is 56.9 Å². The molecule has 2 saturated carbocycles. The average Bonchev–Trinajstić information content (AvgIpc) is 3.01. The summed E-state index contributed by atoms with van der Waals surface area (Å²) < 4.78 is 94.3. The Bertz CT molecular complexity index is 1500. The Hall–Kier alpha value is -4.24. The SMILES string of the molecule is COC(=O)c1cc(N)c(N[C@@H]2C[C@H](C)CC(C)(C)C2)cc1OCC(F)(F)F.COC(=O)c1cc(N)c(N[C@H]2C[C@@H](C)CC(C)(C)C2)cc1OCC(F)(F)F. The first-order valence-electron chi connectivity index (χ1n) is 17.8. The number of hydrogen-bond acceptors (Lipinski definition) is 10. The molecule has 4 atom stereocenters. The number of ether oxygens (including phenoxy) is 4. The lowest BCUT2D eigenvalue weighted by Gasteiger charge is -2.39. The number of nitrogen functional groups attached to an aromatic ring is 2. The topological polar surface area (TPSA) is 147 Å². The van der Waals surface area contributed by atoms with E-state index in [1.807, 2.05) is 0 Å². The number of nitrogens with one attached hydrogen (secondary N) is 2. The molecule has 0 unspecified atom stereocenters. The second-order valence-electron chi connectivity index (χ2n) is 16.2. The van der Waals surface area contributed by atoms with Gasteiger partial charge in [-0.25, -0.2) is 9.59 Å². The molecule has 0 aliphatic heterocycles. The zero-order valence-electron chi connectivity index (χ0n) is 32.1. The predicted octanol–water partition coefficient (Wildman–Crippen LogP) is 9.25. The highest BCUT2D eigenvalue weighted by Gasteiger charge is 2.35. The van der Waals surface area contributed by atoms with E-state index in [1.165, 1.54) is 24.3 Å². The van der Waals surface area contributed by atoms with Gasteiger partial charge in [-0.1, -0.05) is 41.5 Å². The number of methoxy groups -OCH3 is 2. The molecule has 0 amide bonds. The monoisotopic (exact) mass is 776 g/mol. The third-order valence-electron chi connectivity index (χ3n) is 9.39. The fraction of sp³-hybridized carbons (Fsp3) is 0.632. The van der Waals surface area contributed by atoms with Gasteiger partial charge in [0.2, 0.25) is 0 Å². The summed E-state index contributed by atoms with van der Waals surface area (Å²) >= 11 is 0. The van der Waals surface area contributed by atoms with Crippen molar-refractivity contribution in [3.05, 3.63) is 35.4 Å². The smallest absolute Gasteiger partial charge is 0.422 e.